The summed E-state index contributed by atoms with van der Waals surface area (Å²) in [4.78, 5) is 29.2. The Morgan fingerprint density at radius 1 is 1.00 bits per heavy atom. The average molecular weight is 425 g/mol. The van der Waals surface area contributed by atoms with Gasteiger partial charge >= 0.3 is 0 Å². The molecule has 1 aliphatic heterocycles. The quantitative estimate of drug-likeness (QED) is 0.473. The molecular formula is C26H24N4O2. The molecule has 1 fully saturated rings. The molecule has 2 heterocycles. The van der Waals surface area contributed by atoms with E-state index in [-0.39, 0.29) is 11.9 Å². The minimum absolute atomic E-state index is 0.0224. The molecule has 1 aliphatic rings. The molecule has 0 aliphatic carbocycles. The van der Waals surface area contributed by atoms with Crippen LogP contribution in [0.25, 0.3) is 11.0 Å². The van der Waals surface area contributed by atoms with Gasteiger partial charge in [-0.25, -0.2) is 4.98 Å². The summed E-state index contributed by atoms with van der Waals surface area (Å²) in [5.41, 5.74) is 4.59. The molecule has 4 aromatic rings. The molecule has 1 amide bonds. The highest BCUT2D eigenvalue weighted by molar-refractivity contribution is 5.97. The zero-order chi connectivity index (χ0) is 21.9. The van der Waals surface area contributed by atoms with Crippen LogP contribution in [0.1, 0.15) is 35.3 Å². The maximum atomic E-state index is 14.1. The third kappa shape index (κ3) is 3.75. The number of fused-ring (bicyclic) bond motifs is 1. The lowest BCUT2D eigenvalue weighted by Gasteiger charge is -2.28. The molecule has 1 saturated heterocycles. The molecule has 0 radical (unpaired) electrons. The fraction of sp³-hybridized carbons (Fsp3) is 0.192. The number of hydrogen-bond acceptors (Lipinski definition) is 4. The van der Waals surface area contributed by atoms with Crippen LogP contribution in [-0.2, 0) is 9.63 Å². The van der Waals surface area contributed by atoms with Crippen molar-refractivity contribution in [2.45, 2.75) is 18.4 Å². The molecule has 1 atom stereocenters. The molecule has 0 bridgehead atoms. The number of carbonyl (C=O) groups is 1. The van der Waals surface area contributed by atoms with E-state index in [2.05, 4.69) is 10.1 Å². The van der Waals surface area contributed by atoms with Gasteiger partial charge < -0.3 is 14.7 Å². The zero-order valence-electron chi connectivity index (χ0n) is 17.8. The Morgan fingerprint density at radius 2 is 1.62 bits per heavy atom. The predicted molar refractivity (Wildman–Crippen MR) is 124 cm³/mol. The fourth-order valence-corrected chi connectivity index (χ4v) is 4.44. The maximum absolute atomic E-state index is 14.1. The topological polar surface area (TPSA) is 70.6 Å². The Morgan fingerprint density at radius 3 is 2.25 bits per heavy atom. The van der Waals surface area contributed by atoms with Crippen molar-refractivity contribution in [1.29, 1.82) is 0 Å². The molecule has 1 aromatic heterocycles. The van der Waals surface area contributed by atoms with E-state index in [0.29, 0.717) is 13.0 Å². The van der Waals surface area contributed by atoms with Crippen molar-refractivity contribution in [3.63, 3.8) is 0 Å². The van der Waals surface area contributed by atoms with Crippen molar-refractivity contribution in [2.24, 2.45) is 5.16 Å². The molecule has 0 spiro atoms. The molecule has 3 aromatic carbocycles. The number of benzene rings is 3. The van der Waals surface area contributed by atoms with Crippen LogP contribution in [0.5, 0.6) is 0 Å². The first-order valence-electron chi connectivity index (χ1n) is 10.7. The number of oxime groups is 1. The summed E-state index contributed by atoms with van der Waals surface area (Å²) in [5.74, 6) is 0.376. The van der Waals surface area contributed by atoms with E-state index in [1.54, 1.807) is 0 Å². The number of amides is 1. The molecule has 160 valence electrons. The predicted octanol–water partition coefficient (Wildman–Crippen LogP) is 4.67. The zero-order valence-corrected chi connectivity index (χ0v) is 17.8. The lowest BCUT2D eigenvalue weighted by molar-refractivity contribution is -0.132. The second-order valence-corrected chi connectivity index (χ2v) is 7.92. The number of imidazole rings is 1. The van der Waals surface area contributed by atoms with E-state index in [4.69, 9.17) is 9.82 Å². The van der Waals surface area contributed by atoms with Gasteiger partial charge in [-0.1, -0.05) is 78.0 Å². The number of H-pyrrole nitrogens is 1. The summed E-state index contributed by atoms with van der Waals surface area (Å²) in [6, 6.07) is 27.5. The standard InChI is InChI=1S/C26H24N4O2/c1-32-29-20-16-23(25-27-21-14-8-9-15-22(21)28-25)30(17-20)26(31)24(18-10-4-2-5-11-18)19-12-6-3-7-13-19/h2-15,23-24H,16-17H2,1H3,(H,27,28). The first-order chi connectivity index (χ1) is 15.7. The summed E-state index contributed by atoms with van der Waals surface area (Å²) in [6.07, 6.45) is 0.579. The largest absolute Gasteiger partial charge is 0.399 e. The van der Waals surface area contributed by atoms with Crippen molar-refractivity contribution in [1.82, 2.24) is 14.9 Å². The van der Waals surface area contributed by atoms with Gasteiger partial charge in [0.15, 0.2) is 0 Å². The second kappa shape index (κ2) is 8.67. The van der Waals surface area contributed by atoms with Crippen LogP contribution in [0.3, 0.4) is 0 Å². The van der Waals surface area contributed by atoms with Gasteiger partial charge in [0.25, 0.3) is 0 Å². The highest BCUT2D eigenvalue weighted by atomic mass is 16.6. The lowest BCUT2D eigenvalue weighted by Crippen LogP contribution is -2.36. The van der Waals surface area contributed by atoms with Gasteiger partial charge in [-0.05, 0) is 23.3 Å². The summed E-state index contributed by atoms with van der Waals surface area (Å²) in [5, 5.41) is 4.17. The number of nitrogens with one attached hydrogen (secondary N) is 1. The van der Waals surface area contributed by atoms with Gasteiger partial charge in [-0.2, -0.15) is 0 Å². The number of para-hydroxylation sites is 2. The van der Waals surface area contributed by atoms with Crippen LogP contribution >= 0.6 is 0 Å². The fourth-order valence-electron chi connectivity index (χ4n) is 4.44. The average Bonchev–Trinajstić information content (AvgIpc) is 3.45. The van der Waals surface area contributed by atoms with Crippen molar-refractivity contribution in [3.05, 3.63) is 102 Å². The van der Waals surface area contributed by atoms with Crippen LogP contribution in [0.2, 0.25) is 0 Å². The summed E-state index contributed by atoms with van der Waals surface area (Å²) in [7, 11) is 1.53. The molecule has 32 heavy (non-hydrogen) atoms. The molecule has 1 unspecified atom stereocenters. The first-order valence-corrected chi connectivity index (χ1v) is 10.7. The van der Waals surface area contributed by atoms with Crippen molar-refractivity contribution in [2.75, 3.05) is 13.7 Å². The molecule has 1 N–H and O–H groups in total. The van der Waals surface area contributed by atoms with E-state index >= 15 is 0 Å². The molecule has 5 rings (SSSR count). The highest BCUT2D eigenvalue weighted by Gasteiger charge is 2.39. The van der Waals surface area contributed by atoms with Gasteiger partial charge in [-0.15, -0.1) is 0 Å². The number of rotatable bonds is 5. The Balaban J connectivity index is 1.57. The molecule has 0 saturated carbocycles. The summed E-state index contributed by atoms with van der Waals surface area (Å²) >= 11 is 0. The van der Waals surface area contributed by atoms with Crippen molar-refractivity contribution in [3.8, 4) is 0 Å². The summed E-state index contributed by atoms with van der Waals surface area (Å²) < 4.78 is 0. The number of nitrogens with zero attached hydrogens (tertiary/aromatic N) is 3. The van der Waals surface area contributed by atoms with Crippen LogP contribution in [0.4, 0.5) is 0 Å². The highest BCUT2D eigenvalue weighted by Crippen LogP contribution is 2.35. The Hall–Kier alpha value is -3.93. The van der Waals surface area contributed by atoms with Crippen LogP contribution in [-0.4, -0.2) is 40.1 Å². The SMILES string of the molecule is CON=C1CC(c2nc3ccccc3[nH]2)N(C(=O)C(c2ccccc2)c2ccccc2)C1. The summed E-state index contributed by atoms with van der Waals surface area (Å²) in [6.45, 7) is 0.407. The minimum Gasteiger partial charge on any atom is -0.399 e. The van der Waals surface area contributed by atoms with E-state index in [0.717, 1.165) is 33.7 Å². The van der Waals surface area contributed by atoms with Gasteiger partial charge in [0.1, 0.15) is 12.9 Å². The van der Waals surface area contributed by atoms with Crippen molar-refractivity contribution >= 4 is 22.7 Å². The third-order valence-corrected chi connectivity index (χ3v) is 5.90. The number of likely N-dealkylation sites (tertiary alicyclic amines) is 1. The van der Waals surface area contributed by atoms with Gasteiger partial charge in [0, 0.05) is 6.42 Å². The van der Waals surface area contributed by atoms with E-state index in [9.17, 15) is 4.79 Å². The maximum Gasteiger partial charge on any atom is 0.235 e. The molecule has 6 heteroatoms. The third-order valence-electron chi connectivity index (χ3n) is 5.90. The number of hydrogen-bond donors (Lipinski definition) is 1. The van der Waals surface area contributed by atoms with Crippen LogP contribution < -0.4 is 0 Å². The van der Waals surface area contributed by atoms with Gasteiger partial charge in [-0.3, -0.25) is 4.79 Å². The Bertz CT molecular complexity index is 1180. The first kappa shape index (κ1) is 20.0. The van der Waals surface area contributed by atoms with E-state index in [1.165, 1.54) is 7.11 Å². The number of carbonyl (C=O) groups excluding carboxylic acids is 1. The minimum atomic E-state index is -0.411. The monoisotopic (exact) mass is 424 g/mol. The van der Waals surface area contributed by atoms with Gasteiger partial charge in [0.2, 0.25) is 5.91 Å². The van der Waals surface area contributed by atoms with Gasteiger partial charge in [0.05, 0.1) is 35.2 Å². The van der Waals surface area contributed by atoms with Crippen LogP contribution in [0.15, 0.2) is 90.1 Å². The Labute approximate surface area is 186 Å². The van der Waals surface area contributed by atoms with E-state index < -0.39 is 5.92 Å². The number of aromatic amines is 1. The normalized spacial score (nSPS) is 17.4. The molecular weight excluding hydrogens is 400 g/mol. The molecule has 6 nitrogen and oxygen atoms in total. The number of aromatic nitrogens is 2. The van der Waals surface area contributed by atoms with E-state index in [1.807, 2.05) is 89.8 Å². The smallest absolute Gasteiger partial charge is 0.235 e. The Kier molecular flexibility index (Phi) is 5.42. The van der Waals surface area contributed by atoms with Crippen molar-refractivity contribution < 1.29 is 9.63 Å². The second-order valence-electron chi connectivity index (χ2n) is 7.92. The lowest BCUT2D eigenvalue weighted by atomic mass is 9.90. The van der Waals surface area contributed by atoms with Crippen LogP contribution in [0, 0.1) is 0 Å².